The van der Waals surface area contributed by atoms with Crippen molar-refractivity contribution in [2.24, 2.45) is 0 Å². The highest BCUT2D eigenvalue weighted by Crippen LogP contribution is 2.18. The fourth-order valence-electron chi connectivity index (χ4n) is 2.36. The van der Waals surface area contributed by atoms with Gasteiger partial charge in [-0.05, 0) is 18.6 Å². The number of morpholine rings is 1. The monoisotopic (exact) mass is 305 g/mol. The van der Waals surface area contributed by atoms with Gasteiger partial charge in [-0.15, -0.1) is 0 Å². The first-order chi connectivity index (χ1) is 10.6. The van der Waals surface area contributed by atoms with E-state index in [1.807, 2.05) is 13.0 Å². The lowest BCUT2D eigenvalue weighted by atomic mass is 10.1. The zero-order valence-corrected chi connectivity index (χ0v) is 13.2. The predicted octanol–water partition coefficient (Wildman–Crippen LogP) is 2.03. The van der Waals surface area contributed by atoms with Gasteiger partial charge in [0.2, 0.25) is 0 Å². The Morgan fingerprint density at radius 3 is 2.64 bits per heavy atom. The number of hydrogen-bond acceptors (Lipinski definition) is 3. The van der Waals surface area contributed by atoms with Gasteiger partial charge in [0.1, 0.15) is 0 Å². The first-order valence-electron chi connectivity index (χ1n) is 7.61. The Kier molecular flexibility index (Phi) is 5.77. The Balaban J connectivity index is 2.12. The molecule has 1 aromatic rings. The highest BCUT2D eigenvalue weighted by atomic mass is 16.5. The largest absolute Gasteiger partial charge is 0.378 e. The Morgan fingerprint density at radius 1 is 1.27 bits per heavy atom. The van der Waals surface area contributed by atoms with Gasteiger partial charge in [0, 0.05) is 26.7 Å². The number of ether oxygens (including phenoxy) is 1. The molecule has 1 aromatic carbocycles. The molecule has 22 heavy (non-hydrogen) atoms. The molecule has 0 saturated carbocycles. The number of rotatable bonds is 4. The molecule has 1 aliphatic heterocycles. The predicted molar refractivity (Wildman–Crippen MR) is 85.1 cm³/mol. The quantitative estimate of drug-likeness (QED) is 0.926. The summed E-state index contributed by atoms with van der Waals surface area (Å²) in [5.41, 5.74) is 1.06. The molecular formula is C16H23N3O3. The molecule has 0 aromatic heterocycles. The van der Waals surface area contributed by atoms with Crippen LogP contribution in [0.1, 0.15) is 23.7 Å². The number of anilines is 1. The summed E-state index contributed by atoms with van der Waals surface area (Å²) < 4.78 is 5.27. The number of carbonyl (C=O) groups excluding carboxylic acids is 2. The van der Waals surface area contributed by atoms with Crippen LogP contribution < -0.4 is 5.32 Å². The van der Waals surface area contributed by atoms with Crippen LogP contribution in [0.4, 0.5) is 10.5 Å². The lowest BCUT2D eigenvalue weighted by molar-refractivity contribution is 0.0303. The maximum absolute atomic E-state index is 12.6. The van der Waals surface area contributed by atoms with E-state index in [4.69, 9.17) is 4.74 Å². The van der Waals surface area contributed by atoms with E-state index in [2.05, 4.69) is 5.32 Å². The number of hydrogen-bond donors (Lipinski definition) is 1. The zero-order chi connectivity index (χ0) is 15.9. The van der Waals surface area contributed by atoms with Gasteiger partial charge in [-0.3, -0.25) is 4.79 Å². The van der Waals surface area contributed by atoms with Crippen LogP contribution in [0.5, 0.6) is 0 Å². The standard InChI is InChI=1S/C16H23N3O3/c1-3-8-18(2)16(21)17-14-7-5-4-6-13(14)15(20)19-9-11-22-12-10-19/h4-7H,3,8-12H2,1-2H3,(H,17,21). The van der Waals surface area contributed by atoms with Gasteiger partial charge in [-0.2, -0.15) is 0 Å². The van der Waals surface area contributed by atoms with E-state index < -0.39 is 0 Å². The molecule has 2 rings (SSSR count). The molecule has 1 aliphatic rings. The van der Waals surface area contributed by atoms with Crippen molar-refractivity contribution in [3.8, 4) is 0 Å². The maximum atomic E-state index is 12.6. The van der Waals surface area contributed by atoms with Crippen molar-refractivity contribution in [2.75, 3.05) is 45.2 Å². The number of urea groups is 1. The number of carbonyl (C=O) groups is 2. The van der Waals surface area contributed by atoms with Crippen LogP contribution in [-0.2, 0) is 4.74 Å². The van der Waals surface area contributed by atoms with Gasteiger partial charge in [0.25, 0.3) is 5.91 Å². The second kappa shape index (κ2) is 7.79. The molecule has 0 atom stereocenters. The van der Waals surface area contributed by atoms with Crippen LogP contribution >= 0.6 is 0 Å². The van der Waals surface area contributed by atoms with Gasteiger partial charge in [-0.25, -0.2) is 4.79 Å². The van der Waals surface area contributed by atoms with Crippen LogP contribution in [0, 0.1) is 0 Å². The van der Waals surface area contributed by atoms with Crippen molar-refractivity contribution >= 4 is 17.6 Å². The van der Waals surface area contributed by atoms with Crippen molar-refractivity contribution in [2.45, 2.75) is 13.3 Å². The van der Waals surface area contributed by atoms with E-state index in [-0.39, 0.29) is 11.9 Å². The Labute approximate surface area is 131 Å². The van der Waals surface area contributed by atoms with Gasteiger partial charge < -0.3 is 19.9 Å². The average molecular weight is 305 g/mol. The van der Waals surface area contributed by atoms with Crippen molar-refractivity contribution in [1.29, 1.82) is 0 Å². The number of nitrogens with one attached hydrogen (secondary N) is 1. The summed E-state index contributed by atoms with van der Waals surface area (Å²) in [6.45, 7) is 4.96. The van der Waals surface area contributed by atoms with Crippen LogP contribution in [0.15, 0.2) is 24.3 Å². The molecule has 0 unspecified atom stereocenters. The highest BCUT2D eigenvalue weighted by Gasteiger charge is 2.21. The minimum absolute atomic E-state index is 0.0719. The third-order valence-electron chi connectivity index (χ3n) is 3.60. The van der Waals surface area contributed by atoms with E-state index in [1.54, 1.807) is 35.0 Å². The summed E-state index contributed by atoms with van der Waals surface area (Å²) in [4.78, 5) is 28.1. The Hall–Kier alpha value is -2.08. The molecule has 0 radical (unpaired) electrons. The molecule has 6 heteroatoms. The number of nitrogens with zero attached hydrogens (tertiary/aromatic N) is 2. The summed E-state index contributed by atoms with van der Waals surface area (Å²) >= 11 is 0. The number of amides is 3. The van der Waals surface area contributed by atoms with Crippen LogP contribution in [0.25, 0.3) is 0 Å². The third-order valence-corrected chi connectivity index (χ3v) is 3.60. The highest BCUT2D eigenvalue weighted by molar-refractivity contribution is 6.03. The SMILES string of the molecule is CCCN(C)C(=O)Nc1ccccc1C(=O)N1CCOCC1. The molecule has 1 heterocycles. The summed E-state index contributed by atoms with van der Waals surface area (Å²) in [5, 5.41) is 2.82. The second-order valence-corrected chi connectivity index (χ2v) is 5.30. The van der Waals surface area contributed by atoms with Crippen molar-refractivity contribution in [3.63, 3.8) is 0 Å². The van der Waals surface area contributed by atoms with Crippen LogP contribution in [-0.4, -0.2) is 61.6 Å². The van der Waals surface area contributed by atoms with Crippen molar-refractivity contribution in [1.82, 2.24) is 9.80 Å². The third kappa shape index (κ3) is 3.98. The smallest absolute Gasteiger partial charge is 0.321 e. The normalized spacial score (nSPS) is 14.5. The van der Waals surface area contributed by atoms with E-state index in [0.717, 1.165) is 6.42 Å². The van der Waals surface area contributed by atoms with E-state index in [1.165, 1.54) is 0 Å². The maximum Gasteiger partial charge on any atom is 0.321 e. The molecule has 1 N–H and O–H groups in total. The molecular weight excluding hydrogens is 282 g/mol. The lowest BCUT2D eigenvalue weighted by Gasteiger charge is -2.27. The van der Waals surface area contributed by atoms with Gasteiger partial charge in [0.15, 0.2) is 0 Å². The average Bonchev–Trinajstić information content (AvgIpc) is 2.55. The lowest BCUT2D eigenvalue weighted by Crippen LogP contribution is -2.41. The van der Waals surface area contributed by atoms with Crippen molar-refractivity contribution < 1.29 is 14.3 Å². The van der Waals surface area contributed by atoms with E-state index >= 15 is 0 Å². The fraction of sp³-hybridized carbons (Fsp3) is 0.500. The minimum Gasteiger partial charge on any atom is -0.378 e. The summed E-state index contributed by atoms with van der Waals surface area (Å²) in [6, 6.07) is 6.91. The van der Waals surface area contributed by atoms with Crippen molar-refractivity contribution in [3.05, 3.63) is 29.8 Å². The molecule has 3 amide bonds. The van der Waals surface area contributed by atoms with E-state index in [9.17, 15) is 9.59 Å². The second-order valence-electron chi connectivity index (χ2n) is 5.30. The zero-order valence-electron chi connectivity index (χ0n) is 13.2. The molecule has 6 nitrogen and oxygen atoms in total. The molecule has 1 fully saturated rings. The Bertz CT molecular complexity index is 527. The van der Waals surface area contributed by atoms with Gasteiger partial charge in [-0.1, -0.05) is 19.1 Å². The van der Waals surface area contributed by atoms with Gasteiger partial charge >= 0.3 is 6.03 Å². The Morgan fingerprint density at radius 2 is 1.95 bits per heavy atom. The molecule has 0 bridgehead atoms. The summed E-state index contributed by atoms with van der Waals surface area (Å²) in [6.07, 6.45) is 0.887. The molecule has 1 saturated heterocycles. The van der Waals surface area contributed by atoms with E-state index in [0.29, 0.717) is 44.1 Å². The number of benzene rings is 1. The van der Waals surface area contributed by atoms with Gasteiger partial charge in [0.05, 0.1) is 24.5 Å². The molecule has 120 valence electrons. The summed E-state index contributed by atoms with van der Waals surface area (Å²) in [5.74, 6) is -0.0719. The topological polar surface area (TPSA) is 61.9 Å². The first-order valence-corrected chi connectivity index (χ1v) is 7.61. The number of para-hydroxylation sites is 1. The van der Waals surface area contributed by atoms with Crippen LogP contribution in [0.3, 0.4) is 0 Å². The fourth-order valence-corrected chi connectivity index (χ4v) is 2.36. The minimum atomic E-state index is -0.205. The molecule has 0 spiro atoms. The first kappa shape index (κ1) is 16.3. The summed E-state index contributed by atoms with van der Waals surface area (Å²) in [7, 11) is 1.74. The molecule has 0 aliphatic carbocycles. The van der Waals surface area contributed by atoms with Crippen LogP contribution in [0.2, 0.25) is 0 Å².